The van der Waals surface area contributed by atoms with E-state index in [1.54, 1.807) is 0 Å². The van der Waals surface area contributed by atoms with Crippen molar-refractivity contribution in [2.75, 3.05) is 11.6 Å². The average molecular weight is 332 g/mol. The first-order valence-electron chi connectivity index (χ1n) is 8.15. The number of carbonyl (C=O) groups excluding carboxylic acids is 1. The van der Waals surface area contributed by atoms with E-state index in [1.165, 1.54) is 0 Å². The molecule has 2 aromatic carbocycles. The van der Waals surface area contributed by atoms with E-state index in [0.29, 0.717) is 5.75 Å². The molecule has 0 radical (unpaired) electrons. The Morgan fingerprint density at radius 1 is 1.20 bits per heavy atom. The minimum Gasteiger partial charge on any atom is -0.480 e. The van der Waals surface area contributed by atoms with Crippen molar-refractivity contribution in [2.45, 2.75) is 19.9 Å². The van der Waals surface area contributed by atoms with Gasteiger partial charge in [0.15, 0.2) is 0 Å². The highest BCUT2D eigenvalue weighted by atomic mass is 16.5. The lowest BCUT2D eigenvalue weighted by Gasteiger charge is -2.23. The fourth-order valence-electron chi connectivity index (χ4n) is 3.11. The fraction of sp³-hybridized carbons (Fsp3) is 0.190. The molecule has 1 saturated heterocycles. The van der Waals surface area contributed by atoms with E-state index in [1.807, 2.05) is 73.5 Å². The van der Waals surface area contributed by atoms with Crippen LogP contribution in [0.25, 0.3) is 5.57 Å². The lowest BCUT2D eigenvalue weighted by molar-refractivity contribution is -0.116. The number of allylic oxidation sites excluding steroid dienone is 1. The smallest absolute Gasteiger partial charge is 0.268 e. The molecule has 0 spiro atoms. The van der Waals surface area contributed by atoms with Crippen molar-refractivity contribution in [3.63, 3.8) is 0 Å². The summed E-state index contributed by atoms with van der Waals surface area (Å²) in [6, 6.07) is 17.3. The van der Waals surface area contributed by atoms with E-state index < -0.39 is 0 Å². The molecule has 0 aromatic heterocycles. The molecular weight excluding hydrogens is 312 g/mol. The molecule has 1 fully saturated rings. The second kappa shape index (κ2) is 7.14. The zero-order valence-electron chi connectivity index (χ0n) is 14.3. The fourth-order valence-corrected chi connectivity index (χ4v) is 3.11. The van der Waals surface area contributed by atoms with Crippen molar-refractivity contribution < 1.29 is 9.53 Å². The summed E-state index contributed by atoms with van der Waals surface area (Å²) < 4.78 is 5.63. The van der Waals surface area contributed by atoms with Crippen LogP contribution in [0.15, 0.2) is 60.2 Å². The number of terminal acetylenes is 1. The van der Waals surface area contributed by atoms with Crippen LogP contribution in [-0.4, -0.2) is 18.6 Å². The molecule has 4 heteroatoms. The van der Waals surface area contributed by atoms with Crippen molar-refractivity contribution in [2.24, 2.45) is 0 Å². The van der Waals surface area contributed by atoms with Crippen LogP contribution in [0.5, 0.6) is 5.75 Å². The van der Waals surface area contributed by atoms with Crippen molar-refractivity contribution in [1.29, 1.82) is 0 Å². The molecule has 0 bridgehead atoms. The molecule has 0 saturated carbocycles. The number of carbonyl (C=O) groups is 1. The number of hydrogen-bond donors (Lipinski definition) is 1. The molecule has 4 nitrogen and oxygen atoms in total. The highest BCUT2D eigenvalue weighted by Crippen LogP contribution is 2.33. The first-order valence-corrected chi connectivity index (χ1v) is 8.15. The van der Waals surface area contributed by atoms with Crippen LogP contribution in [0.2, 0.25) is 0 Å². The maximum atomic E-state index is 12.6. The number of anilines is 1. The minimum atomic E-state index is -0.101. The van der Waals surface area contributed by atoms with E-state index in [2.05, 4.69) is 11.3 Å². The average Bonchev–Trinajstić information content (AvgIpc) is 2.94. The molecule has 3 rings (SSSR count). The summed E-state index contributed by atoms with van der Waals surface area (Å²) in [6.07, 6.45) is 5.29. The number of rotatable bonds is 4. The van der Waals surface area contributed by atoms with Gasteiger partial charge in [-0.2, -0.15) is 0 Å². The minimum absolute atomic E-state index is 0.0967. The van der Waals surface area contributed by atoms with Gasteiger partial charge in [-0.05, 0) is 37.6 Å². The highest BCUT2D eigenvalue weighted by Gasteiger charge is 2.34. The molecule has 1 N–H and O–H groups in total. The van der Waals surface area contributed by atoms with Crippen molar-refractivity contribution in [3.05, 3.63) is 65.7 Å². The zero-order chi connectivity index (χ0) is 17.8. The molecule has 1 unspecified atom stereocenters. The van der Waals surface area contributed by atoms with Crippen LogP contribution >= 0.6 is 0 Å². The van der Waals surface area contributed by atoms with Crippen molar-refractivity contribution in [3.8, 4) is 18.1 Å². The van der Waals surface area contributed by atoms with Gasteiger partial charge in [-0.15, -0.1) is 6.42 Å². The number of hydrazine groups is 1. The Morgan fingerprint density at radius 2 is 1.88 bits per heavy atom. The summed E-state index contributed by atoms with van der Waals surface area (Å²) in [6.45, 7) is 4.14. The third kappa shape index (κ3) is 3.22. The van der Waals surface area contributed by atoms with Crippen LogP contribution < -0.4 is 15.2 Å². The number of ether oxygens (including phenoxy) is 1. The van der Waals surface area contributed by atoms with Gasteiger partial charge in [0.2, 0.25) is 0 Å². The Morgan fingerprint density at radius 3 is 2.60 bits per heavy atom. The normalized spacial score (nSPS) is 18.5. The second-order valence-corrected chi connectivity index (χ2v) is 5.85. The van der Waals surface area contributed by atoms with Gasteiger partial charge >= 0.3 is 0 Å². The molecule has 2 aromatic rings. The Hall–Kier alpha value is -3.19. The molecule has 25 heavy (non-hydrogen) atoms. The van der Waals surface area contributed by atoms with Gasteiger partial charge in [0.25, 0.3) is 5.91 Å². The number of nitrogens with zero attached hydrogens (tertiary/aromatic N) is 1. The van der Waals surface area contributed by atoms with E-state index in [-0.39, 0.29) is 18.6 Å². The summed E-state index contributed by atoms with van der Waals surface area (Å²) >= 11 is 0. The van der Waals surface area contributed by atoms with E-state index >= 15 is 0 Å². The molecule has 1 heterocycles. The predicted molar refractivity (Wildman–Crippen MR) is 99.9 cm³/mol. The summed E-state index contributed by atoms with van der Waals surface area (Å²) in [4.78, 5) is 12.6. The number of para-hydroxylation sites is 2. The second-order valence-electron chi connectivity index (χ2n) is 5.85. The van der Waals surface area contributed by atoms with Gasteiger partial charge in [0.05, 0.1) is 11.7 Å². The maximum absolute atomic E-state index is 12.6. The van der Waals surface area contributed by atoms with Gasteiger partial charge in [0.1, 0.15) is 12.4 Å². The topological polar surface area (TPSA) is 41.6 Å². The van der Waals surface area contributed by atoms with Crippen LogP contribution in [-0.2, 0) is 4.79 Å². The van der Waals surface area contributed by atoms with Gasteiger partial charge < -0.3 is 4.74 Å². The number of benzene rings is 2. The largest absolute Gasteiger partial charge is 0.480 e. The van der Waals surface area contributed by atoms with Gasteiger partial charge in [-0.3, -0.25) is 15.2 Å². The SMILES string of the molecule is C#CCOc1ccccc1/C(C)=C1/C(=O)NN(c2ccccc2)C1C. The lowest BCUT2D eigenvalue weighted by atomic mass is 9.96. The quantitative estimate of drug-likeness (QED) is 0.689. The Bertz CT molecular complexity index is 850. The van der Waals surface area contributed by atoms with Gasteiger partial charge in [-0.1, -0.05) is 42.3 Å². The van der Waals surface area contributed by atoms with E-state index in [4.69, 9.17) is 11.2 Å². The molecule has 1 amide bonds. The molecular formula is C21H20N2O2. The third-order valence-corrected chi connectivity index (χ3v) is 4.31. The Kier molecular flexibility index (Phi) is 4.76. The van der Waals surface area contributed by atoms with Crippen molar-refractivity contribution in [1.82, 2.24) is 5.43 Å². The maximum Gasteiger partial charge on any atom is 0.268 e. The Balaban J connectivity index is 2.00. The lowest BCUT2D eigenvalue weighted by Crippen LogP contribution is -2.37. The van der Waals surface area contributed by atoms with Gasteiger partial charge in [-0.25, -0.2) is 0 Å². The number of nitrogens with one attached hydrogen (secondary N) is 1. The number of hydrogen-bond acceptors (Lipinski definition) is 3. The molecule has 126 valence electrons. The monoisotopic (exact) mass is 332 g/mol. The van der Waals surface area contributed by atoms with Gasteiger partial charge in [0, 0.05) is 11.1 Å². The summed E-state index contributed by atoms with van der Waals surface area (Å²) in [7, 11) is 0. The molecule has 1 aliphatic rings. The summed E-state index contributed by atoms with van der Waals surface area (Å²) in [5.74, 6) is 3.06. The summed E-state index contributed by atoms with van der Waals surface area (Å²) in [5, 5.41) is 1.88. The van der Waals surface area contributed by atoms with E-state index in [0.717, 1.165) is 22.4 Å². The van der Waals surface area contributed by atoms with Crippen molar-refractivity contribution >= 4 is 17.2 Å². The molecule has 1 aliphatic heterocycles. The first-order chi connectivity index (χ1) is 12.1. The Labute approximate surface area is 148 Å². The zero-order valence-corrected chi connectivity index (χ0v) is 14.3. The molecule has 1 atom stereocenters. The van der Waals surface area contributed by atoms with Crippen LogP contribution in [0, 0.1) is 12.3 Å². The summed E-state index contributed by atoms with van der Waals surface area (Å²) in [5.41, 5.74) is 6.38. The predicted octanol–water partition coefficient (Wildman–Crippen LogP) is 3.41. The van der Waals surface area contributed by atoms with E-state index in [9.17, 15) is 4.79 Å². The van der Waals surface area contributed by atoms with Crippen LogP contribution in [0.1, 0.15) is 19.4 Å². The standard InChI is InChI=1S/C21H20N2O2/c1-4-14-25-19-13-9-8-12-18(19)15(2)20-16(3)23(22-21(20)24)17-10-6-5-7-11-17/h1,5-13,16H,14H2,2-3H3,(H,22,24)/b20-15+. The first kappa shape index (κ1) is 16.7. The molecule has 0 aliphatic carbocycles. The third-order valence-electron chi connectivity index (χ3n) is 4.31. The highest BCUT2D eigenvalue weighted by molar-refractivity contribution is 6.06. The number of amides is 1. The van der Waals surface area contributed by atoms with Crippen LogP contribution in [0.4, 0.5) is 5.69 Å². The van der Waals surface area contributed by atoms with Crippen LogP contribution in [0.3, 0.4) is 0 Å².